The Morgan fingerprint density at radius 1 is 1.24 bits per heavy atom. The van der Waals surface area contributed by atoms with E-state index in [0.29, 0.717) is 5.57 Å². The highest BCUT2D eigenvalue weighted by atomic mass is 19.4. The van der Waals surface area contributed by atoms with Crippen molar-refractivity contribution in [3.63, 3.8) is 0 Å². The van der Waals surface area contributed by atoms with Crippen LogP contribution in [0.5, 0.6) is 0 Å². The Morgan fingerprint density at radius 3 is 2.00 bits per heavy atom. The second-order valence-electron chi connectivity index (χ2n) is 4.87. The normalized spacial score (nSPS) is 13.6. The predicted molar refractivity (Wildman–Crippen MR) is 79.1 cm³/mol. The summed E-state index contributed by atoms with van der Waals surface area (Å²) in [5, 5.41) is 24.3. The molecular weight excluding hydrogens is 343 g/mol. The number of tetrazole rings is 1. The molecule has 9 nitrogen and oxygen atoms in total. The molecule has 0 amide bonds. The van der Waals surface area contributed by atoms with Gasteiger partial charge in [0.05, 0.1) is 5.57 Å². The van der Waals surface area contributed by atoms with Gasteiger partial charge in [-0.3, -0.25) is 9.89 Å². The molecule has 2 N–H and O–H groups in total. The van der Waals surface area contributed by atoms with Gasteiger partial charge >= 0.3 is 6.18 Å². The number of halogens is 3. The van der Waals surface area contributed by atoms with Crippen LogP contribution >= 0.6 is 0 Å². The van der Waals surface area contributed by atoms with Crippen LogP contribution in [0.1, 0.15) is 24.4 Å². The van der Waals surface area contributed by atoms with Crippen molar-refractivity contribution in [3.05, 3.63) is 41.0 Å². The van der Waals surface area contributed by atoms with E-state index in [2.05, 4.69) is 37.3 Å². The molecule has 2 aromatic rings. The molecule has 2 heterocycles. The summed E-state index contributed by atoms with van der Waals surface area (Å²) in [6.45, 7) is 8.14. The van der Waals surface area contributed by atoms with Gasteiger partial charge in [-0.25, -0.2) is 9.67 Å². The van der Waals surface area contributed by atoms with Crippen LogP contribution in [0.25, 0.3) is 0 Å². The summed E-state index contributed by atoms with van der Waals surface area (Å²) >= 11 is 0. The zero-order valence-electron chi connectivity index (χ0n) is 13.9. The molecule has 0 saturated heterocycles. The van der Waals surface area contributed by atoms with E-state index >= 15 is 0 Å². The van der Waals surface area contributed by atoms with E-state index < -0.39 is 12.0 Å². The van der Waals surface area contributed by atoms with E-state index in [-0.39, 0.29) is 22.9 Å². The average Bonchev–Trinajstić information content (AvgIpc) is 3.15. The number of nitrogens with zero attached hydrogens (tertiary/aromatic N) is 6. The van der Waals surface area contributed by atoms with Crippen LogP contribution < -0.4 is 0 Å². The van der Waals surface area contributed by atoms with Crippen molar-refractivity contribution in [2.75, 3.05) is 0 Å². The highest BCUT2D eigenvalue weighted by molar-refractivity contribution is 6.18. The lowest BCUT2D eigenvalue weighted by Crippen LogP contribution is -2.18. The summed E-state index contributed by atoms with van der Waals surface area (Å²) in [5.41, 5.74) is 0.664. The number of carbonyl (C=O) groups is 1. The van der Waals surface area contributed by atoms with Gasteiger partial charge in [0.25, 0.3) is 5.82 Å². The van der Waals surface area contributed by atoms with Gasteiger partial charge in [0.15, 0.2) is 5.78 Å². The van der Waals surface area contributed by atoms with Gasteiger partial charge in [0, 0.05) is 12.6 Å². The van der Waals surface area contributed by atoms with Gasteiger partial charge in [0.1, 0.15) is 17.4 Å². The summed E-state index contributed by atoms with van der Waals surface area (Å²) in [5.74, 6) is -0.185. The van der Waals surface area contributed by atoms with Crippen LogP contribution in [0.3, 0.4) is 0 Å². The number of rotatable bonds is 0. The molecule has 1 aliphatic carbocycles. The van der Waals surface area contributed by atoms with Gasteiger partial charge in [-0.15, -0.1) is 10.2 Å². The van der Waals surface area contributed by atoms with E-state index in [0.717, 1.165) is 5.82 Å². The van der Waals surface area contributed by atoms with Gasteiger partial charge in [-0.05, 0) is 31.2 Å². The lowest BCUT2D eigenvalue weighted by Gasteiger charge is -2.15. The first kappa shape index (κ1) is 20.0. The van der Waals surface area contributed by atoms with Crippen molar-refractivity contribution < 1.29 is 23.1 Å². The predicted octanol–water partition coefficient (Wildman–Crippen LogP) is 1.61. The Balaban J connectivity index is 0.000000191. The van der Waals surface area contributed by atoms with E-state index in [1.54, 1.807) is 18.7 Å². The molecule has 0 atom stereocenters. The number of aromatic nitrogens is 7. The standard InChI is InChI=1S/C6H6O2.C4H4F3N3.C3H6N4/c1-3-5(7)4(2)6(3)8;1-2-8-3(10-9-2)4(5,6)7;1-3-4-5-6-7(3)2/h7H,1H2,2H3;1H3,(H,8,9,10);1-2H3. The maximum atomic E-state index is 11.7. The van der Waals surface area contributed by atoms with Gasteiger partial charge in [-0.2, -0.15) is 13.2 Å². The first-order valence-corrected chi connectivity index (χ1v) is 6.74. The number of aliphatic hydroxyl groups excluding tert-OH is 1. The lowest BCUT2D eigenvalue weighted by molar-refractivity contribution is -0.144. The molecule has 0 fully saturated rings. The third-order valence-electron chi connectivity index (χ3n) is 2.94. The molecule has 0 bridgehead atoms. The van der Waals surface area contributed by atoms with Crippen LogP contribution in [0.4, 0.5) is 13.2 Å². The van der Waals surface area contributed by atoms with Crippen LogP contribution in [0, 0.1) is 13.8 Å². The van der Waals surface area contributed by atoms with Crippen molar-refractivity contribution in [3.8, 4) is 0 Å². The van der Waals surface area contributed by atoms with Crippen molar-refractivity contribution in [1.29, 1.82) is 0 Å². The molecule has 0 radical (unpaired) electrons. The highest BCUT2D eigenvalue weighted by Crippen LogP contribution is 2.25. The average molecular weight is 359 g/mol. The molecule has 0 saturated carbocycles. The molecule has 3 rings (SSSR count). The fourth-order valence-corrected chi connectivity index (χ4v) is 1.35. The number of hydrogen-bond donors (Lipinski definition) is 2. The Kier molecular flexibility index (Phi) is 6.14. The van der Waals surface area contributed by atoms with E-state index in [1.165, 1.54) is 6.92 Å². The maximum absolute atomic E-state index is 11.7. The van der Waals surface area contributed by atoms with Gasteiger partial charge < -0.3 is 5.11 Å². The van der Waals surface area contributed by atoms with Crippen LogP contribution in [0.15, 0.2) is 23.5 Å². The van der Waals surface area contributed by atoms with Crippen LogP contribution in [-0.4, -0.2) is 46.3 Å². The zero-order chi connectivity index (χ0) is 19.4. The third-order valence-corrected chi connectivity index (χ3v) is 2.94. The molecule has 2 aromatic heterocycles. The minimum atomic E-state index is -4.44. The monoisotopic (exact) mass is 359 g/mol. The molecule has 0 aromatic carbocycles. The smallest absolute Gasteiger partial charge is 0.453 e. The first-order valence-electron chi connectivity index (χ1n) is 6.74. The van der Waals surface area contributed by atoms with Crippen molar-refractivity contribution in [2.45, 2.75) is 26.9 Å². The minimum Gasteiger partial charge on any atom is -0.507 e. The Morgan fingerprint density at radius 2 is 1.84 bits per heavy atom. The highest BCUT2D eigenvalue weighted by Gasteiger charge is 2.35. The molecule has 136 valence electrons. The number of Topliss-reactive ketones (excluding diaryl/α,β-unsaturated/α-hetero) is 1. The number of hydrogen-bond acceptors (Lipinski definition) is 7. The van der Waals surface area contributed by atoms with Crippen LogP contribution in [0.2, 0.25) is 0 Å². The number of ketones is 1. The van der Waals surface area contributed by atoms with Gasteiger partial charge in [-0.1, -0.05) is 6.58 Å². The van der Waals surface area contributed by atoms with Crippen LogP contribution in [-0.2, 0) is 18.0 Å². The van der Waals surface area contributed by atoms with Crippen molar-refractivity contribution >= 4 is 5.78 Å². The number of allylic oxidation sites excluding steroid dienone is 2. The summed E-state index contributed by atoms with van der Waals surface area (Å²) in [7, 11) is 1.80. The lowest BCUT2D eigenvalue weighted by atomic mass is 9.91. The number of aliphatic hydroxyl groups is 1. The first-order chi connectivity index (χ1) is 11.4. The quantitative estimate of drug-likeness (QED) is 0.685. The minimum absolute atomic E-state index is 0.0648. The van der Waals surface area contributed by atoms with E-state index in [4.69, 9.17) is 5.11 Å². The SMILES string of the molecule is C=C1C(=O)C(C)=C1O.Cc1nc(C(F)(F)F)n[nH]1.Cc1nnnn1C. The number of aryl methyl sites for hydroxylation is 3. The number of alkyl halides is 3. The van der Waals surface area contributed by atoms with E-state index in [9.17, 15) is 18.0 Å². The second kappa shape index (κ2) is 7.68. The fourth-order valence-electron chi connectivity index (χ4n) is 1.35. The Hall–Kier alpha value is -3.05. The zero-order valence-corrected chi connectivity index (χ0v) is 13.9. The summed E-state index contributed by atoms with van der Waals surface area (Å²) in [6.07, 6.45) is -4.44. The fraction of sp³-hybridized carbons (Fsp3) is 0.385. The van der Waals surface area contributed by atoms with Crippen molar-refractivity contribution in [1.82, 2.24) is 35.4 Å². The molecule has 0 spiro atoms. The number of aromatic amines is 1. The summed E-state index contributed by atoms with van der Waals surface area (Å²) in [6, 6.07) is 0. The molecular formula is C13H16F3N7O2. The molecule has 12 heteroatoms. The maximum Gasteiger partial charge on any atom is 0.453 e. The third kappa shape index (κ3) is 5.22. The number of nitrogens with one attached hydrogen (secondary N) is 1. The largest absolute Gasteiger partial charge is 0.507 e. The summed E-state index contributed by atoms with van der Waals surface area (Å²) in [4.78, 5) is 13.5. The Bertz CT molecular complexity index is 766. The second-order valence-corrected chi connectivity index (χ2v) is 4.87. The molecule has 0 unspecified atom stereocenters. The number of carbonyl (C=O) groups excluding carboxylic acids is 1. The molecule has 1 aliphatic rings. The van der Waals surface area contributed by atoms with Gasteiger partial charge in [0.2, 0.25) is 0 Å². The Labute approximate surface area is 140 Å². The van der Waals surface area contributed by atoms with E-state index in [1.807, 2.05) is 6.92 Å². The number of H-pyrrole nitrogens is 1. The molecule has 25 heavy (non-hydrogen) atoms. The van der Waals surface area contributed by atoms with Crippen molar-refractivity contribution in [2.24, 2.45) is 7.05 Å². The summed E-state index contributed by atoms with van der Waals surface area (Å²) < 4.78 is 36.6. The topological polar surface area (TPSA) is 122 Å². The molecule has 0 aliphatic heterocycles.